The highest BCUT2D eigenvalue weighted by Crippen LogP contribution is 2.34. The number of amides is 1. The van der Waals surface area contributed by atoms with Gasteiger partial charge in [0.25, 0.3) is 10.0 Å². The average Bonchev–Trinajstić information content (AvgIpc) is 3.35. The lowest BCUT2D eigenvalue weighted by atomic mass is 9.95. The third-order valence-electron chi connectivity index (χ3n) is 7.32. The van der Waals surface area contributed by atoms with E-state index in [4.69, 9.17) is 16.3 Å². The molecule has 10 nitrogen and oxygen atoms in total. The number of nitrogens with zero attached hydrogens (tertiary/aromatic N) is 6. The zero-order chi connectivity index (χ0) is 27.7. The van der Waals surface area contributed by atoms with E-state index in [2.05, 4.69) is 14.9 Å². The topological polar surface area (TPSA) is 99.2 Å². The van der Waals surface area contributed by atoms with Gasteiger partial charge in [0.2, 0.25) is 11.9 Å². The van der Waals surface area contributed by atoms with Crippen molar-refractivity contribution in [1.82, 2.24) is 19.2 Å². The first-order chi connectivity index (χ1) is 18.7. The maximum Gasteiger partial charge on any atom is 0.253 e. The standard InChI is InChI=1S/C26H33ClN6O4S2/c1-30(2)26-28-9-6-23(29-26)31-10-7-18(8-11-31)14-33-21(17-37-3)15-32(16-24(33)34)39(35,36)25-12-19-4-5-20(27)13-22(19)38-25/h4-6,9,12-13,18,21H,7-8,10-11,14-17H2,1-3H3/t21-/m1/s1. The highest BCUT2D eigenvalue weighted by atomic mass is 35.5. The van der Waals surface area contributed by atoms with Gasteiger partial charge in [0.05, 0.1) is 19.2 Å². The molecule has 2 aromatic heterocycles. The van der Waals surface area contributed by atoms with Crippen LogP contribution in [0.3, 0.4) is 0 Å². The second-order valence-corrected chi connectivity index (χ2v) is 13.9. The third-order valence-corrected chi connectivity index (χ3v) is 10.9. The smallest absolute Gasteiger partial charge is 0.253 e. The summed E-state index contributed by atoms with van der Waals surface area (Å²) >= 11 is 7.26. The third kappa shape index (κ3) is 5.99. The number of piperazine rings is 1. The summed E-state index contributed by atoms with van der Waals surface area (Å²) in [7, 11) is 1.57. The number of carbonyl (C=O) groups is 1. The highest BCUT2D eigenvalue weighted by molar-refractivity contribution is 7.91. The van der Waals surface area contributed by atoms with Gasteiger partial charge in [-0.2, -0.15) is 9.29 Å². The minimum absolute atomic E-state index is 0.176. The molecule has 13 heteroatoms. The Hall–Kier alpha value is -2.51. The van der Waals surface area contributed by atoms with Gasteiger partial charge in [-0.1, -0.05) is 17.7 Å². The first-order valence-electron chi connectivity index (χ1n) is 12.9. The van der Waals surface area contributed by atoms with Crippen molar-refractivity contribution in [3.8, 4) is 0 Å². The van der Waals surface area contributed by atoms with E-state index in [9.17, 15) is 13.2 Å². The van der Waals surface area contributed by atoms with Crippen LogP contribution in [0, 0.1) is 5.92 Å². The number of sulfonamides is 1. The van der Waals surface area contributed by atoms with Gasteiger partial charge >= 0.3 is 0 Å². The molecule has 0 N–H and O–H groups in total. The quantitative estimate of drug-likeness (QED) is 0.393. The zero-order valence-corrected chi connectivity index (χ0v) is 24.7. The summed E-state index contributed by atoms with van der Waals surface area (Å²) in [5, 5.41) is 1.37. The number of rotatable bonds is 8. The molecule has 5 rings (SSSR count). The summed E-state index contributed by atoms with van der Waals surface area (Å²) < 4.78 is 34.8. The fourth-order valence-electron chi connectivity index (χ4n) is 5.20. The van der Waals surface area contributed by atoms with E-state index in [1.807, 2.05) is 30.0 Å². The van der Waals surface area contributed by atoms with E-state index >= 15 is 0 Å². The van der Waals surface area contributed by atoms with Gasteiger partial charge in [-0.25, -0.2) is 13.4 Å². The SMILES string of the molecule is COC[C@H]1CN(S(=O)(=O)c2cc3ccc(Cl)cc3s2)CC(=O)N1CC1CCN(c2ccnc(N(C)C)n2)CC1. The molecule has 2 fully saturated rings. The van der Waals surface area contributed by atoms with Crippen LogP contribution in [-0.2, 0) is 19.6 Å². The highest BCUT2D eigenvalue weighted by Gasteiger charge is 2.40. The Morgan fingerprint density at radius 1 is 1.18 bits per heavy atom. The van der Waals surface area contributed by atoms with Gasteiger partial charge in [-0.15, -0.1) is 11.3 Å². The van der Waals surface area contributed by atoms with E-state index < -0.39 is 10.0 Å². The van der Waals surface area contributed by atoms with Crippen molar-refractivity contribution < 1.29 is 17.9 Å². The van der Waals surface area contributed by atoms with Gasteiger partial charge in [-0.3, -0.25) is 4.79 Å². The van der Waals surface area contributed by atoms with Gasteiger partial charge in [0.15, 0.2) is 0 Å². The van der Waals surface area contributed by atoms with E-state index in [1.165, 1.54) is 15.6 Å². The number of anilines is 2. The predicted octanol–water partition coefficient (Wildman–Crippen LogP) is 3.18. The Balaban J connectivity index is 1.25. The van der Waals surface area contributed by atoms with Gasteiger partial charge in [-0.05, 0) is 48.4 Å². The Kier molecular flexibility index (Phi) is 8.29. The molecule has 1 aromatic carbocycles. The van der Waals surface area contributed by atoms with Gasteiger partial charge in [0.1, 0.15) is 10.0 Å². The molecule has 1 amide bonds. The molecule has 2 aliphatic rings. The van der Waals surface area contributed by atoms with E-state index in [0.29, 0.717) is 23.4 Å². The predicted molar refractivity (Wildman–Crippen MR) is 154 cm³/mol. The summed E-state index contributed by atoms with van der Waals surface area (Å²) in [4.78, 5) is 28.3. The summed E-state index contributed by atoms with van der Waals surface area (Å²) in [6.45, 7) is 2.55. The molecule has 0 aliphatic carbocycles. The van der Waals surface area contributed by atoms with E-state index in [0.717, 1.165) is 41.8 Å². The molecule has 1 atom stereocenters. The first-order valence-corrected chi connectivity index (χ1v) is 15.5. The lowest BCUT2D eigenvalue weighted by Gasteiger charge is -2.43. The van der Waals surface area contributed by atoms with Crippen LogP contribution in [0.15, 0.2) is 40.7 Å². The Morgan fingerprint density at radius 2 is 1.95 bits per heavy atom. The van der Waals surface area contributed by atoms with E-state index in [1.54, 1.807) is 37.6 Å². The van der Waals surface area contributed by atoms with Crippen LogP contribution in [0.25, 0.3) is 10.1 Å². The summed E-state index contributed by atoms with van der Waals surface area (Å²) in [5.74, 6) is 1.71. The van der Waals surface area contributed by atoms with Crippen LogP contribution in [-0.4, -0.2) is 100 Å². The van der Waals surface area contributed by atoms with Crippen LogP contribution in [0.2, 0.25) is 5.02 Å². The molecular weight excluding hydrogens is 560 g/mol. The largest absolute Gasteiger partial charge is 0.382 e. The molecule has 0 spiro atoms. The Bertz CT molecular complexity index is 1440. The molecular formula is C26H33ClN6O4S2. The number of hydrogen-bond donors (Lipinski definition) is 0. The van der Waals surface area contributed by atoms with Gasteiger partial charge < -0.3 is 19.4 Å². The molecule has 0 bridgehead atoms. The number of piperidine rings is 1. The number of carbonyl (C=O) groups excluding carboxylic acids is 1. The van der Waals surface area contributed by atoms with Crippen molar-refractivity contribution in [2.45, 2.75) is 23.1 Å². The Morgan fingerprint density at radius 3 is 2.67 bits per heavy atom. The van der Waals surface area contributed by atoms with Crippen LogP contribution in [0.4, 0.5) is 11.8 Å². The molecule has 0 saturated carbocycles. The summed E-state index contributed by atoms with van der Waals surface area (Å²) in [6, 6.07) is 8.54. The number of thiophene rings is 1. The lowest BCUT2D eigenvalue weighted by molar-refractivity contribution is -0.140. The number of aromatic nitrogens is 2. The van der Waals surface area contributed by atoms with Crippen molar-refractivity contribution in [1.29, 1.82) is 0 Å². The van der Waals surface area contributed by atoms with Gasteiger partial charge in [0, 0.05) is 63.3 Å². The van der Waals surface area contributed by atoms with Crippen LogP contribution < -0.4 is 9.80 Å². The number of hydrogen-bond acceptors (Lipinski definition) is 9. The zero-order valence-electron chi connectivity index (χ0n) is 22.3. The van der Waals surface area contributed by atoms with E-state index in [-0.39, 0.29) is 35.9 Å². The summed E-state index contributed by atoms with van der Waals surface area (Å²) in [5.41, 5.74) is 0. The summed E-state index contributed by atoms with van der Waals surface area (Å²) in [6.07, 6.45) is 3.60. The monoisotopic (exact) mass is 592 g/mol. The van der Waals surface area contributed by atoms with Crippen LogP contribution >= 0.6 is 22.9 Å². The van der Waals surface area contributed by atoms with Crippen molar-refractivity contribution in [3.05, 3.63) is 41.6 Å². The number of ether oxygens (including phenoxy) is 1. The molecule has 2 saturated heterocycles. The Labute approximate surface area is 238 Å². The van der Waals surface area contributed by atoms with Crippen molar-refractivity contribution in [2.75, 3.05) is 70.3 Å². The number of halogens is 1. The minimum Gasteiger partial charge on any atom is -0.382 e. The minimum atomic E-state index is -3.84. The lowest BCUT2D eigenvalue weighted by Crippen LogP contribution is -2.60. The van der Waals surface area contributed by atoms with Crippen LogP contribution in [0.1, 0.15) is 12.8 Å². The first kappa shape index (κ1) is 28.0. The molecule has 2 aliphatic heterocycles. The normalized spacial score (nSPS) is 19.7. The molecule has 0 radical (unpaired) electrons. The van der Waals surface area contributed by atoms with Crippen molar-refractivity contribution in [3.63, 3.8) is 0 Å². The second kappa shape index (κ2) is 11.5. The number of benzene rings is 1. The fraction of sp³-hybridized carbons (Fsp3) is 0.500. The average molecular weight is 593 g/mol. The number of fused-ring (bicyclic) bond motifs is 1. The molecule has 210 valence electrons. The van der Waals surface area contributed by atoms with Crippen LogP contribution in [0.5, 0.6) is 0 Å². The fourth-order valence-corrected chi connectivity index (χ4v) is 8.46. The van der Waals surface area contributed by atoms with Crippen molar-refractivity contribution in [2.24, 2.45) is 5.92 Å². The maximum atomic E-state index is 13.5. The molecule has 39 heavy (non-hydrogen) atoms. The molecule has 3 aromatic rings. The number of methoxy groups -OCH3 is 1. The molecule has 4 heterocycles. The molecule has 0 unspecified atom stereocenters. The maximum absolute atomic E-state index is 13.5. The second-order valence-electron chi connectivity index (χ2n) is 10.2. The van der Waals surface area contributed by atoms with Crippen molar-refractivity contribution >= 4 is 60.7 Å².